The van der Waals surface area contributed by atoms with Gasteiger partial charge in [0.05, 0.1) is 18.8 Å². The highest BCUT2D eigenvalue weighted by Crippen LogP contribution is 2.15. The standard InChI is InChI=1S/C23H30N6O.HI/c1-3-21-27-22-12-11-19(16-29(22)28-21)26-23(24-14-13-20-10-7-15-30-20)25-17(2)18-8-5-4-6-9-18;/h4-10,15,17,19H,3,11-14,16H2,1-2H3,(H2,24,25,26);1H. The molecule has 8 heteroatoms. The first-order valence-corrected chi connectivity index (χ1v) is 10.8. The Labute approximate surface area is 200 Å². The molecule has 0 bridgehead atoms. The van der Waals surface area contributed by atoms with E-state index in [-0.39, 0.29) is 36.1 Å². The van der Waals surface area contributed by atoms with Crippen molar-refractivity contribution in [2.75, 3.05) is 6.54 Å². The second-order valence-corrected chi connectivity index (χ2v) is 7.70. The van der Waals surface area contributed by atoms with E-state index in [2.05, 4.69) is 58.8 Å². The molecule has 2 N–H and O–H groups in total. The number of aliphatic imine (C=N–C) groups is 1. The van der Waals surface area contributed by atoms with Gasteiger partial charge >= 0.3 is 0 Å². The second-order valence-electron chi connectivity index (χ2n) is 7.70. The third kappa shape index (κ3) is 6.32. The van der Waals surface area contributed by atoms with Gasteiger partial charge in [0.25, 0.3) is 0 Å². The molecule has 1 aliphatic rings. The first-order valence-electron chi connectivity index (χ1n) is 10.8. The van der Waals surface area contributed by atoms with Crippen molar-refractivity contribution in [3.63, 3.8) is 0 Å². The average molecular weight is 534 g/mol. The fourth-order valence-electron chi connectivity index (χ4n) is 3.72. The highest BCUT2D eigenvalue weighted by Gasteiger charge is 2.22. The van der Waals surface area contributed by atoms with Crippen LogP contribution in [0.5, 0.6) is 0 Å². The number of aryl methyl sites for hydroxylation is 2. The molecule has 7 nitrogen and oxygen atoms in total. The maximum Gasteiger partial charge on any atom is 0.192 e. The predicted molar refractivity (Wildman–Crippen MR) is 133 cm³/mol. The Bertz CT molecular complexity index is 954. The van der Waals surface area contributed by atoms with Crippen LogP contribution in [0.2, 0.25) is 0 Å². The molecular formula is C23H31IN6O. The first kappa shape index (κ1) is 23.3. The van der Waals surface area contributed by atoms with Crippen molar-refractivity contribution >= 4 is 29.9 Å². The molecule has 2 atom stereocenters. The Morgan fingerprint density at radius 1 is 1.26 bits per heavy atom. The Morgan fingerprint density at radius 2 is 2.10 bits per heavy atom. The summed E-state index contributed by atoms with van der Waals surface area (Å²) in [5.74, 6) is 3.79. The maximum absolute atomic E-state index is 5.44. The number of guanidine groups is 1. The van der Waals surface area contributed by atoms with E-state index in [4.69, 9.17) is 9.41 Å². The van der Waals surface area contributed by atoms with Crippen LogP contribution in [-0.4, -0.2) is 33.3 Å². The number of aromatic nitrogens is 3. The van der Waals surface area contributed by atoms with Gasteiger partial charge in [-0.15, -0.1) is 24.0 Å². The van der Waals surface area contributed by atoms with Crippen LogP contribution in [0.1, 0.15) is 49.3 Å². The topological polar surface area (TPSA) is 80.3 Å². The third-order valence-electron chi connectivity index (χ3n) is 5.42. The van der Waals surface area contributed by atoms with Gasteiger partial charge in [-0.25, -0.2) is 9.67 Å². The average Bonchev–Trinajstić information content (AvgIpc) is 3.43. The predicted octanol–water partition coefficient (Wildman–Crippen LogP) is 3.91. The van der Waals surface area contributed by atoms with Crippen molar-refractivity contribution in [3.8, 4) is 0 Å². The molecule has 0 radical (unpaired) electrons. The van der Waals surface area contributed by atoms with Crippen LogP contribution >= 0.6 is 24.0 Å². The molecule has 31 heavy (non-hydrogen) atoms. The number of furan rings is 1. The molecular weight excluding hydrogens is 503 g/mol. The number of halogens is 1. The van der Waals surface area contributed by atoms with Crippen molar-refractivity contribution < 1.29 is 4.42 Å². The molecule has 2 aromatic heterocycles. The van der Waals surface area contributed by atoms with Gasteiger partial charge in [-0.1, -0.05) is 37.3 Å². The van der Waals surface area contributed by atoms with E-state index in [9.17, 15) is 0 Å². The zero-order valence-corrected chi connectivity index (χ0v) is 20.5. The quantitative estimate of drug-likeness (QED) is 0.273. The molecule has 1 aromatic carbocycles. The largest absolute Gasteiger partial charge is 0.469 e. The molecule has 4 rings (SSSR count). The minimum Gasteiger partial charge on any atom is -0.469 e. The van der Waals surface area contributed by atoms with Gasteiger partial charge < -0.3 is 15.1 Å². The number of nitrogens with one attached hydrogen (secondary N) is 2. The normalized spacial score (nSPS) is 16.8. The van der Waals surface area contributed by atoms with Crippen molar-refractivity contribution in [3.05, 3.63) is 71.7 Å². The molecule has 0 fully saturated rings. The molecule has 166 valence electrons. The molecule has 0 spiro atoms. The van der Waals surface area contributed by atoms with Crippen LogP contribution in [0, 0.1) is 0 Å². The lowest BCUT2D eigenvalue weighted by atomic mass is 10.1. The van der Waals surface area contributed by atoms with E-state index in [1.807, 2.05) is 22.9 Å². The van der Waals surface area contributed by atoms with Crippen LogP contribution in [0.25, 0.3) is 0 Å². The molecule has 0 saturated heterocycles. The third-order valence-corrected chi connectivity index (χ3v) is 5.42. The molecule has 0 amide bonds. The monoisotopic (exact) mass is 534 g/mol. The minimum atomic E-state index is 0. The summed E-state index contributed by atoms with van der Waals surface area (Å²) in [7, 11) is 0. The molecule has 0 aliphatic carbocycles. The van der Waals surface area contributed by atoms with Gasteiger partial charge in [0.2, 0.25) is 0 Å². The number of rotatable bonds is 7. The van der Waals surface area contributed by atoms with Crippen LogP contribution in [0.4, 0.5) is 0 Å². The summed E-state index contributed by atoms with van der Waals surface area (Å²) in [5, 5.41) is 11.8. The zero-order chi connectivity index (χ0) is 20.8. The zero-order valence-electron chi connectivity index (χ0n) is 18.1. The number of benzene rings is 1. The summed E-state index contributed by atoms with van der Waals surface area (Å²) in [4.78, 5) is 9.44. The number of hydrogen-bond donors (Lipinski definition) is 2. The van der Waals surface area contributed by atoms with Crippen molar-refractivity contribution in [1.29, 1.82) is 0 Å². The van der Waals surface area contributed by atoms with Crippen molar-refractivity contribution in [2.45, 2.75) is 58.2 Å². The number of hydrogen-bond acceptors (Lipinski definition) is 4. The summed E-state index contributed by atoms with van der Waals surface area (Å²) in [6, 6.07) is 14.7. The number of fused-ring (bicyclic) bond motifs is 1. The number of nitrogens with zero attached hydrogens (tertiary/aromatic N) is 4. The van der Waals surface area contributed by atoms with Crippen LogP contribution in [0.15, 0.2) is 58.1 Å². The van der Waals surface area contributed by atoms with E-state index in [1.165, 1.54) is 5.56 Å². The van der Waals surface area contributed by atoms with Crippen LogP contribution < -0.4 is 10.6 Å². The molecule has 3 heterocycles. The molecule has 3 aromatic rings. The Morgan fingerprint density at radius 3 is 2.84 bits per heavy atom. The highest BCUT2D eigenvalue weighted by molar-refractivity contribution is 14.0. The Kier molecular flexibility index (Phi) is 8.51. The maximum atomic E-state index is 5.44. The lowest BCUT2D eigenvalue weighted by Gasteiger charge is -2.27. The molecule has 1 aliphatic heterocycles. The van der Waals surface area contributed by atoms with Gasteiger partial charge in [-0.05, 0) is 31.0 Å². The van der Waals surface area contributed by atoms with Gasteiger partial charge in [0, 0.05) is 31.8 Å². The van der Waals surface area contributed by atoms with Gasteiger partial charge in [-0.2, -0.15) is 5.10 Å². The Hall–Kier alpha value is -2.36. The van der Waals surface area contributed by atoms with Crippen molar-refractivity contribution in [1.82, 2.24) is 25.4 Å². The van der Waals surface area contributed by atoms with E-state index in [1.54, 1.807) is 6.26 Å². The Balaban J connectivity index is 0.00000272. The summed E-state index contributed by atoms with van der Waals surface area (Å²) in [6.07, 6.45) is 5.29. The van der Waals surface area contributed by atoms with Gasteiger partial charge in [0.15, 0.2) is 11.8 Å². The first-order chi connectivity index (χ1) is 14.7. The lowest BCUT2D eigenvalue weighted by Crippen LogP contribution is -2.47. The fraction of sp³-hybridized carbons (Fsp3) is 0.435. The van der Waals surface area contributed by atoms with Crippen LogP contribution in [0.3, 0.4) is 0 Å². The minimum absolute atomic E-state index is 0. The SMILES string of the molecule is CCc1nc2n(n1)CC(NC(=NCCc1ccco1)NC(C)c1ccccc1)CC2.I. The summed E-state index contributed by atoms with van der Waals surface area (Å²) in [6.45, 7) is 5.71. The van der Waals surface area contributed by atoms with E-state index >= 15 is 0 Å². The highest BCUT2D eigenvalue weighted by atomic mass is 127. The summed E-state index contributed by atoms with van der Waals surface area (Å²) >= 11 is 0. The molecule has 2 unspecified atom stereocenters. The van der Waals surface area contributed by atoms with Crippen LogP contribution in [-0.2, 0) is 25.8 Å². The summed E-state index contributed by atoms with van der Waals surface area (Å²) < 4.78 is 7.48. The molecule has 0 saturated carbocycles. The fourth-order valence-corrected chi connectivity index (χ4v) is 3.72. The van der Waals surface area contributed by atoms with Gasteiger partial charge in [0.1, 0.15) is 11.6 Å². The van der Waals surface area contributed by atoms with E-state index in [0.717, 1.165) is 55.6 Å². The second kappa shape index (κ2) is 11.3. The summed E-state index contributed by atoms with van der Waals surface area (Å²) in [5.41, 5.74) is 1.23. The lowest BCUT2D eigenvalue weighted by molar-refractivity contribution is 0.390. The smallest absolute Gasteiger partial charge is 0.192 e. The van der Waals surface area contributed by atoms with E-state index < -0.39 is 0 Å². The van der Waals surface area contributed by atoms with E-state index in [0.29, 0.717) is 6.54 Å². The van der Waals surface area contributed by atoms with Crippen molar-refractivity contribution in [2.24, 2.45) is 4.99 Å². The van der Waals surface area contributed by atoms with Gasteiger partial charge in [-0.3, -0.25) is 4.99 Å².